The van der Waals surface area contributed by atoms with Crippen LogP contribution in [-0.2, 0) is 26.0 Å². The molecule has 2 rings (SSSR count). The zero-order chi connectivity index (χ0) is 16.9. The number of aliphatic hydroxyl groups excluding tert-OH is 1. The zero-order valence-corrected chi connectivity index (χ0v) is 13.9. The number of morpholine rings is 1. The summed E-state index contributed by atoms with van der Waals surface area (Å²) in [5.41, 5.74) is 0.144. The lowest BCUT2D eigenvalue weighted by molar-refractivity contribution is -0.156. The molecule has 1 aliphatic rings. The molecular formula is C15H22N2O5S. The second-order valence-corrected chi connectivity index (χ2v) is 7.59. The second-order valence-electron chi connectivity index (χ2n) is 5.76. The van der Waals surface area contributed by atoms with Gasteiger partial charge in [0, 0.05) is 13.0 Å². The van der Waals surface area contributed by atoms with E-state index in [4.69, 9.17) is 4.74 Å². The molecule has 0 spiro atoms. The van der Waals surface area contributed by atoms with E-state index in [-0.39, 0.29) is 25.6 Å². The smallest absolute Gasteiger partial charge is 0.237 e. The van der Waals surface area contributed by atoms with Gasteiger partial charge >= 0.3 is 0 Å². The molecule has 1 amide bonds. The van der Waals surface area contributed by atoms with E-state index in [1.807, 2.05) is 30.3 Å². The Morgan fingerprint density at radius 2 is 2.09 bits per heavy atom. The van der Waals surface area contributed by atoms with E-state index < -0.39 is 15.6 Å². The largest absolute Gasteiger partial charge is 0.393 e. The van der Waals surface area contributed by atoms with Gasteiger partial charge in [-0.2, -0.15) is 0 Å². The summed E-state index contributed by atoms with van der Waals surface area (Å²) < 4.78 is 30.1. The van der Waals surface area contributed by atoms with Crippen molar-refractivity contribution in [3.8, 4) is 0 Å². The van der Waals surface area contributed by atoms with Crippen LogP contribution >= 0.6 is 0 Å². The molecule has 1 fully saturated rings. The van der Waals surface area contributed by atoms with Gasteiger partial charge in [0.1, 0.15) is 5.60 Å². The Morgan fingerprint density at radius 3 is 2.70 bits per heavy atom. The van der Waals surface area contributed by atoms with Gasteiger partial charge in [-0.05, 0) is 5.56 Å². The first-order valence-electron chi connectivity index (χ1n) is 7.35. The predicted molar refractivity (Wildman–Crippen MR) is 85.3 cm³/mol. The van der Waals surface area contributed by atoms with Gasteiger partial charge in [-0.3, -0.25) is 4.79 Å². The molecule has 1 aromatic carbocycles. The minimum atomic E-state index is -3.42. The molecule has 0 bridgehead atoms. The molecule has 1 atom stereocenters. The number of benzene rings is 1. The normalized spacial score (nSPS) is 22.1. The van der Waals surface area contributed by atoms with Crippen LogP contribution in [0.25, 0.3) is 0 Å². The number of amides is 1. The molecule has 1 heterocycles. The van der Waals surface area contributed by atoms with Crippen LogP contribution in [0.1, 0.15) is 5.56 Å². The SMILES string of the molecule is CS(=O)(=O)NCC(=O)N1CCO[C@@](CO)(Cc2ccccc2)C1. The van der Waals surface area contributed by atoms with E-state index >= 15 is 0 Å². The van der Waals surface area contributed by atoms with Gasteiger partial charge in [-0.15, -0.1) is 0 Å². The highest BCUT2D eigenvalue weighted by Gasteiger charge is 2.38. The number of nitrogens with one attached hydrogen (secondary N) is 1. The third kappa shape index (κ3) is 5.28. The molecule has 0 aromatic heterocycles. The Bertz CT molecular complexity index is 635. The molecule has 0 unspecified atom stereocenters. The summed E-state index contributed by atoms with van der Waals surface area (Å²) in [4.78, 5) is 13.7. The fourth-order valence-corrected chi connectivity index (χ4v) is 2.97. The highest BCUT2D eigenvalue weighted by Crippen LogP contribution is 2.23. The number of hydrogen-bond donors (Lipinski definition) is 2. The Hall–Kier alpha value is -1.48. The maximum absolute atomic E-state index is 12.2. The molecule has 0 saturated carbocycles. The van der Waals surface area contributed by atoms with Crippen molar-refractivity contribution in [2.45, 2.75) is 12.0 Å². The van der Waals surface area contributed by atoms with E-state index in [2.05, 4.69) is 4.72 Å². The molecule has 1 aromatic rings. The average Bonchev–Trinajstić information content (AvgIpc) is 2.53. The van der Waals surface area contributed by atoms with Crippen molar-refractivity contribution in [2.75, 3.05) is 39.1 Å². The Balaban J connectivity index is 2.03. The predicted octanol–water partition coefficient (Wildman–Crippen LogP) is -0.632. The monoisotopic (exact) mass is 342 g/mol. The topological polar surface area (TPSA) is 95.9 Å². The summed E-state index contributed by atoms with van der Waals surface area (Å²) in [6, 6.07) is 9.59. The number of carbonyl (C=O) groups is 1. The van der Waals surface area contributed by atoms with Gasteiger partial charge in [0.15, 0.2) is 0 Å². The van der Waals surface area contributed by atoms with Crippen LogP contribution < -0.4 is 4.72 Å². The van der Waals surface area contributed by atoms with Crippen LogP contribution in [0.5, 0.6) is 0 Å². The summed E-state index contributed by atoms with van der Waals surface area (Å²) >= 11 is 0. The summed E-state index contributed by atoms with van der Waals surface area (Å²) in [6.07, 6.45) is 1.49. The summed E-state index contributed by atoms with van der Waals surface area (Å²) in [5, 5.41) is 9.79. The highest BCUT2D eigenvalue weighted by atomic mass is 32.2. The van der Waals surface area contributed by atoms with Gasteiger partial charge in [-0.25, -0.2) is 13.1 Å². The molecule has 1 saturated heterocycles. The van der Waals surface area contributed by atoms with Crippen molar-refractivity contribution in [1.29, 1.82) is 0 Å². The Kier molecular flexibility index (Phi) is 5.74. The third-order valence-electron chi connectivity index (χ3n) is 3.74. The fraction of sp³-hybridized carbons (Fsp3) is 0.533. The van der Waals surface area contributed by atoms with Crippen molar-refractivity contribution < 1.29 is 23.1 Å². The molecular weight excluding hydrogens is 320 g/mol. The lowest BCUT2D eigenvalue weighted by Gasteiger charge is -2.42. The Morgan fingerprint density at radius 1 is 1.39 bits per heavy atom. The number of carbonyl (C=O) groups excluding carboxylic acids is 1. The van der Waals surface area contributed by atoms with Crippen LogP contribution in [0.4, 0.5) is 0 Å². The van der Waals surface area contributed by atoms with E-state index in [0.717, 1.165) is 11.8 Å². The van der Waals surface area contributed by atoms with E-state index in [9.17, 15) is 18.3 Å². The number of rotatable bonds is 6. The van der Waals surface area contributed by atoms with Crippen molar-refractivity contribution in [3.05, 3.63) is 35.9 Å². The van der Waals surface area contributed by atoms with Crippen LogP contribution in [-0.4, -0.2) is 69.0 Å². The van der Waals surface area contributed by atoms with Gasteiger partial charge in [0.2, 0.25) is 15.9 Å². The average molecular weight is 342 g/mol. The molecule has 8 heteroatoms. The van der Waals surface area contributed by atoms with E-state index in [1.165, 1.54) is 4.90 Å². The molecule has 1 aliphatic heterocycles. The number of ether oxygens (including phenoxy) is 1. The minimum Gasteiger partial charge on any atom is -0.393 e. The lowest BCUT2D eigenvalue weighted by atomic mass is 9.93. The quantitative estimate of drug-likeness (QED) is 0.717. The van der Waals surface area contributed by atoms with Crippen LogP contribution in [0.2, 0.25) is 0 Å². The Labute approximate surface area is 136 Å². The summed E-state index contributed by atoms with van der Waals surface area (Å²) in [5.74, 6) is -0.329. The first-order chi connectivity index (χ1) is 10.8. The van der Waals surface area contributed by atoms with Crippen LogP contribution in [0.15, 0.2) is 30.3 Å². The first kappa shape index (κ1) is 17.9. The van der Waals surface area contributed by atoms with Gasteiger partial charge in [0.25, 0.3) is 0 Å². The van der Waals surface area contributed by atoms with Crippen molar-refractivity contribution in [1.82, 2.24) is 9.62 Å². The van der Waals surface area contributed by atoms with Crippen molar-refractivity contribution in [2.24, 2.45) is 0 Å². The van der Waals surface area contributed by atoms with Gasteiger partial charge in [0.05, 0.1) is 32.6 Å². The number of sulfonamides is 1. The molecule has 2 N–H and O–H groups in total. The molecule has 0 radical (unpaired) electrons. The third-order valence-corrected chi connectivity index (χ3v) is 4.41. The molecule has 7 nitrogen and oxygen atoms in total. The van der Waals surface area contributed by atoms with Gasteiger partial charge < -0.3 is 14.7 Å². The maximum Gasteiger partial charge on any atom is 0.237 e. The zero-order valence-electron chi connectivity index (χ0n) is 13.1. The molecule has 0 aliphatic carbocycles. The highest BCUT2D eigenvalue weighted by molar-refractivity contribution is 7.88. The standard InChI is InChI=1S/C15H22N2O5S/c1-23(20,21)16-10-14(19)17-7-8-22-15(11-17,12-18)9-13-5-3-2-4-6-13/h2-6,16,18H,7-12H2,1H3/t15-/m0/s1. The minimum absolute atomic E-state index is 0.217. The van der Waals surface area contributed by atoms with Crippen molar-refractivity contribution >= 4 is 15.9 Å². The van der Waals surface area contributed by atoms with Crippen LogP contribution in [0.3, 0.4) is 0 Å². The summed E-state index contributed by atoms with van der Waals surface area (Å²) in [6.45, 7) is 0.401. The molecule has 23 heavy (non-hydrogen) atoms. The first-order valence-corrected chi connectivity index (χ1v) is 9.24. The summed E-state index contributed by atoms with van der Waals surface area (Å²) in [7, 11) is -3.42. The lowest BCUT2D eigenvalue weighted by Crippen LogP contribution is -2.58. The maximum atomic E-state index is 12.2. The van der Waals surface area contributed by atoms with Crippen molar-refractivity contribution in [3.63, 3.8) is 0 Å². The fourth-order valence-electron chi connectivity index (χ4n) is 2.59. The number of hydrogen-bond acceptors (Lipinski definition) is 5. The van der Waals surface area contributed by atoms with E-state index in [0.29, 0.717) is 19.6 Å². The molecule has 128 valence electrons. The number of aliphatic hydroxyl groups is 1. The second kappa shape index (κ2) is 7.39. The number of nitrogens with zero attached hydrogens (tertiary/aromatic N) is 1. The van der Waals surface area contributed by atoms with E-state index in [1.54, 1.807) is 0 Å². The van der Waals surface area contributed by atoms with Gasteiger partial charge in [-0.1, -0.05) is 30.3 Å². The van der Waals surface area contributed by atoms with Crippen LogP contribution in [0, 0.1) is 0 Å².